The Bertz CT molecular complexity index is 56.9. The van der Waals surface area contributed by atoms with Crippen LogP contribution >= 0.6 is 0 Å². The summed E-state index contributed by atoms with van der Waals surface area (Å²) in [7, 11) is 3.42. The zero-order valence-electron chi connectivity index (χ0n) is 6.06. The maximum atomic E-state index is 9.08. The van der Waals surface area contributed by atoms with E-state index in [0.29, 0.717) is 6.54 Å². The lowest BCUT2D eigenvalue weighted by atomic mass is 10.2. The quantitative estimate of drug-likeness (QED) is 0.580. The number of nitrogens with one attached hydrogen (secondary N) is 1. The van der Waals surface area contributed by atoms with Crippen molar-refractivity contribution in [3.05, 3.63) is 7.05 Å². The first-order valence-electron chi connectivity index (χ1n) is 3.49. The molecule has 2 nitrogen and oxygen atoms in total. The first-order chi connectivity index (χ1) is 4.31. The van der Waals surface area contributed by atoms with Gasteiger partial charge in [0.1, 0.15) is 0 Å². The van der Waals surface area contributed by atoms with Gasteiger partial charge in [0.05, 0.1) is 6.10 Å². The van der Waals surface area contributed by atoms with E-state index < -0.39 is 0 Å². The van der Waals surface area contributed by atoms with Crippen LogP contribution in [-0.4, -0.2) is 17.8 Å². The van der Waals surface area contributed by atoms with Crippen LogP contribution in [0.2, 0.25) is 0 Å². The first-order valence-corrected chi connectivity index (χ1v) is 3.49. The number of rotatable bonds is 5. The molecule has 0 aromatic heterocycles. The summed E-state index contributed by atoms with van der Waals surface area (Å²) < 4.78 is 0. The fourth-order valence-electron chi connectivity index (χ4n) is 0.708. The second-order valence-electron chi connectivity index (χ2n) is 2.25. The van der Waals surface area contributed by atoms with Gasteiger partial charge in [0, 0.05) is 13.6 Å². The van der Waals surface area contributed by atoms with Crippen LogP contribution in [0.5, 0.6) is 0 Å². The van der Waals surface area contributed by atoms with Crippen LogP contribution in [0.15, 0.2) is 0 Å². The van der Waals surface area contributed by atoms with Crippen molar-refractivity contribution < 1.29 is 5.11 Å². The fraction of sp³-hybridized carbons (Fsp3) is 0.857. The lowest BCUT2D eigenvalue weighted by Crippen LogP contribution is -2.21. The molecular weight excluding hydrogens is 114 g/mol. The number of hydrogen-bond acceptors (Lipinski definition) is 2. The Balaban J connectivity index is 2.95. The van der Waals surface area contributed by atoms with Gasteiger partial charge >= 0.3 is 0 Å². The second-order valence-corrected chi connectivity index (χ2v) is 2.25. The molecule has 1 radical (unpaired) electrons. The SMILES string of the molecule is [CH2]NCC(O)CCCC. The van der Waals surface area contributed by atoms with E-state index in [4.69, 9.17) is 5.11 Å². The predicted molar refractivity (Wildman–Crippen MR) is 38.9 cm³/mol. The minimum absolute atomic E-state index is 0.206. The molecule has 0 aliphatic carbocycles. The van der Waals surface area contributed by atoms with Crippen LogP contribution in [0.4, 0.5) is 0 Å². The van der Waals surface area contributed by atoms with E-state index in [1.807, 2.05) is 0 Å². The van der Waals surface area contributed by atoms with E-state index in [0.717, 1.165) is 19.3 Å². The molecule has 0 amide bonds. The van der Waals surface area contributed by atoms with Crippen molar-refractivity contribution in [1.82, 2.24) is 5.32 Å². The number of aliphatic hydroxyl groups excluding tert-OH is 1. The highest BCUT2D eigenvalue weighted by Gasteiger charge is 1.98. The smallest absolute Gasteiger partial charge is 0.0664 e. The molecule has 55 valence electrons. The molecule has 1 unspecified atom stereocenters. The number of aliphatic hydroxyl groups is 1. The largest absolute Gasteiger partial charge is 0.392 e. The lowest BCUT2D eigenvalue weighted by Gasteiger charge is -2.07. The molecule has 0 aromatic carbocycles. The van der Waals surface area contributed by atoms with E-state index in [-0.39, 0.29) is 6.10 Å². The molecule has 9 heavy (non-hydrogen) atoms. The Morgan fingerprint density at radius 1 is 1.67 bits per heavy atom. The molecule has 0 saturated heterocycles. The van der Waals surface area contributed by atoms with Crippen molar-refractivity contribution in [2.75, 3.05) is 6.54 Å². The molecule has 0 heterocycles. The Morgan fingerprint density at radius 2 is 2.33 bits per heavy atom. The van der Waals surface area contributed by atoms with E-state index in [9.17, 15) is 0 Å². The summed E-state index contributed by atoms with van der Waals surface area (Å²) in [6.07, 6.45) is 2.93. The van der Waals surface area contributed by atoms with Gasteiger partial charge in [-0.1, -0.05) is 19.8 Å². The van der Waals surface area contributed by atoms with Crippen molar-refractivity contribution in [3.63, 3.8) is 0 Å². The van der Waals surface area contributed by atoms with E-state index >= 15 is 0 Å². The monoisotopic (exact) mass is 130 g/mol. The van der Waals surface area contributed by atoms with Crippen LogP contribution in [0.1, 0.15) is 26.2 Å². The molecular formula is C7H16NO. The zero-order chi connectivity index (χ0) is 7.11. The standard InChI is InChI=1S/C7H16NO/c1-3-4-5-7(9)6-8-2/h7-9H,2-6H2,1H3. The number of hydrogen-bond donors (Lipinski definition) is 2. The van der Waals surface area contributed by atoms with Crippen molar-refractivity contribution in [2.24, 2.45) is 0 Å². The molecule has 2 N–H and O–H groups in total. The average Bonchev–Trinajstić information content (AvgIpc) is 1.85. The zero-order valence-corrected chi connectivity index (χ0v) is 6.06. The lowest BCUT2D eigenvalue weighted by molar-refractivity contribution is 0.163. The van der Waals surface area contributed by atoms with Crippen LogP contribution in [-0.2, 0) is 0 Å². The van der Waals surface area contributed by atoms with Crippen LogP contribution in [0.3, 0.4) is 0 Å². The molecule has 0 saturated carbocycles. The van der Waals surface area contributed by atoms with Crippen molar-refractivity contribution in [2.45, 2.75) is 32.3 Å². The first kappa shape index (κ1) is 8.92. The topological polar surface area (TPSA) is 32.3 Å². The van der Waals surface area contributed by atoms with Gasteiger partial charge in [0.25, 0.3) is 0 Å². The summed E-state index contributed by atoms with van der Waals surface area (Å²) in [5.41, 5.74) is 0. The summed E-state index contributed by atoms with van der Waals surface area (Å²) in [5, 5.41) is 11.8. The van der Waals surface area contributed by atoms with Crippen LogP contribution < -0.4 is 5.32 Å². The molecule has 0 rings (SSSR count). The minimum Gasteiger partial charge on any atom is -0.392 e. The molecule has 0 fully saturated rings. The maximum absolute atomic E-state index is 9.08. The van der Waals surface area contributed by atoms with Gasteiger partial charge < -0.3 is 10.4 Å². The van der Waals surface area contributed by atoms with Crippen molar-refractivity contribution in [3.8, 4) is 0 Å². The highest BCUT2D eigenvalue weighted by atomic mass is 16.3. The van der Waals surface area contributed by atoms with Gasteiger partial charge in [0.2, 0.25) is 0 Å². The molecule has 0 spiro atoms. The Morgan fingerprint density at radius 3 is 2.78 bits per heavy atom. The third-order valence-corrected chi connectivity index (χ3v) is 1.27. The molecule has 0 aliphatic heterocycles. The Labute approximate surface area is 57.3 Å². The van der Waals surface area contributed by atoms with Gasteiger partial charge in [-0.2, -0.15) is 0 Å². The van der Waals surface area contributed by atoms with E-state index in [1.165, 1.54) is 0 Å². The third kappa shape index (κ3) is 5.80. The summed E-state index contributed by atoms with van der Waals surface area (Å²) in [6, 6.07) is 0. The highest BCUT2D eigenvalue weighted by Crippen LogP contribution is 1.98. The molecule has 0 bridgehead atoms. The number of unbranched alkanes of at least 4 members (excludes halogenated alkanes) is 1. The van der Waals surface area contributed by atoms with Gasteiger partial charge in [-0.25, -0.2) is 0 Å². The van der Waals surface area contributed by atoms with Gasteiger partial charge in [-0.15, -0.1) is 0 Å². The Kier molecular flexibility index (Phi) is 5.99. The third-order valence-electron chi connectivity index (χ3n) is 1.27. The maximum Gasteiger partial charge on any atom is 0.0664 e. The molecule has 0 aliphatic rings. The second kappa shape index (κ2) is 6.05. The summed E-state index contributed by atoms with van der Waals surface area (Å²) >= 11 is 0. The Hall–Kier alpha value is -0.0800. The fourth-order valence-corrected chi connectivity index (χ4v) is 0.708. The molecule has 2 heteroatoms. The predicted octanol–water partition coefficient (Wildman–Crippen LogP) is 0.919. The summed E-state index contributed by atoms with van der Waals surface area (Å²) in [4.78, 5) is 0. The van der Waals surface area contributed by atoms with Gasteiger partial charge in [0.15, 0.2) is 0 Å². The van der Waals surface area contributed by atoms with E-state index in [2.05, 4.69) is 19.3 Å². The van der Waals surface area contributed by atoms with Crippen LogP contribution in [0, 0.1) is 7.05 Å². The minimum atomic E-state index is -0.206. The normalized spacial score (nSPS) is 13.7. The molecule has 1 atom stereocenters. The van der Waals surface area contributed by atoms with E-state index in [1.54, 1.807) is 0 Å². The summed E-state index contributed by atoms with van der Waals surface area (Å²) in [5.74, 6) is 0. The van der Waals surface area contributed by atoms with Crippen LogP contribution in [0.25, 0.3) is 0 Å². The van der Waals surface area contributed by atoms with Gasteiger partial charge in [-0.3, -0.25) is 0 Å². The average molecular weight is 130 g/mol. The summed E-state index contributed by atoms with van der Waals surface area (Å²) in [6.45, 7) is 2.73. The molecule has 0 aromatic rings. The highest BCUT2D eigenvalue weighted by molar-refractivity contribution is 4.57. The van der Waals surface area contributed by atoms with Crippen molar-refractivity contribution in [1.29, 1.82) is 0 Å². The van der Waals surface area contributed by atoms with Gasteiger partial charge in [-0.05, 0) is 6.42 Å². The van der Waals surface area contributed by atoms with Crippen molar-refractivity contribution >= 4 is 0 Å².